The number of rotatable bonds is 3. The standard InChI is InChI=1S/C13H23NO4S/c1-13(2)7-8-14(9-11(13)12(15)16)19(17,18)10-5-3-4-6-10/h10-11H,3-9H2,1-2H3,(H,15,16). The Kier molecular flexibility index (Phi) is 3.93. The number of hydrogen-bond donors (Lipinski definition) is 1. The summed E-state index contributed by atoms with van der Waals surface area (Å²) in [5.41, 5.74) is -0.340. The Balaban J connectivity index is 2.16. The summed E-state index contributed by atoms with van der Waals surface area (Å²) in [4.78, 5) is 11.3. The summed E-state index contributed by atoms with van der Waals surface area (Å²) < 4.78 is 26.4. The highest BCUT2D eigenvalue weighted by Crippen LogP contribution is 2.38. The quantitative estimate of drug-likeness (QED) is 0.858. The van der Waals surface area contributed by atoms with Crippen LogP contribution in [0.2, 0.25) is 0 Å². The number of piperidine rings is 1. The molecule has 0 radical (unpaired) electrons. The van der Waals surface area contributed by atoms with Crippen LogP contribution in [0.15, 0.2) is 0 Å². The van der Waals surface area contributed by atoms with Gasteiger partial charge in [0.05, 0.1) is 11.2 Å². The molecule has 0 aromatic heterocycles. The summed E-state index contributed by atoms with van der Waals surface area (Å²) in [6.45, 7) is 4.40. The van der Waals surface area contributed by atoms with Crippen molar-refractivity contribution in [2.24, 2.45) is 11.3 Å². The predicted octanol–water partition coefficient (Wildman–Crippen LogP) is 1.69. The van der Waals surface area contributed by atoms with Gasteiger partial charge in [-0.15, -0.1) is 0 Å². The Morgan fingerprint density at radius 1 is 1.26 bits per heavy atom. The van der Waals surface area contributed by atoms with Crippen molar-refractivity contribution in [3.63, 3.8) is 0 Å². The molecule has 2 fully saturated rings. The van der Waals surface area contributed by atoms with Crippen molar-refractivity contribution < 1.29 is 18.3 Å². The minimum absolute atomic E-state index is 0.126. The van der Waals surface area contributed by atoms with E-state index in [2.05, 4.69) is 0 Å². The van der Waals surface area contributed by atoms with Gasteiger partial charge in [0.2, 0.25) is 10.0 Å². The Morgan fingerprint density at radius 2 is 1.84 bits per heavy atom. The molecule has 1 saturated heterocycles. The molecule has 1 aliphatic heterocycles. The highest BCUT2D eigenvalue weighted by Gasteiger charge is 2.45. The molecule has 1 atom stereocenters. The predicted molar refractivity (Wildman–Crippen MR) is 72.3 cm³/mol. The van der Waals surface area contributed by atoms with E-state index in [4.69, 9.17) is 0 Å². The van der Waals surface area contributed by atoms with Gasteiger partial charge in [0, 0.05) is 13.1 Å². The largest absolute Gasteiger partial charge is 0.481 e. The molecule has 110 valence electrons. The molecule has 6 heteroatoms. The summed E-state index contributed by atoms with van der Waals surface area (Å²) in [5.74, 6) is -1.51. The number of sulfonamides is 1. The molecule has 0 spiro atoms. The maximum atomic E-state index is 12.5. The van der Waals surface area contributed by atoms with Gasteiger partial charge in [-0.1, -0.05) is 26.7 Å². The minimum atomic E-state index is -3.31. The molecule has 1 unspecified atom stereocenters. The van der Waals surface area contributed by atoms with E-state index in [-0.39, 0.29) is 17.2 Å². The molecule has 2 aliphatic rings. The van der Waals surface area contributed by atoms with Gasteiger partial charge in [-0.2, -0.15) is 0 Å². The maximum Gasteiger partial charge on any atom is 0.308 e. The Morgan fingerprint density at radius 3 is 2.37 bits per heavy atom. The average Bonchev–Trinajstić information content (AvgIpc) is 2.81. The van der Waals surface area contributed by atoms with E-state index in [1.54, 1.807) is 0 Å². The molecule has 0 bridgehead atoms. The van der Waals surface area contributed by atoms with Crippen molar-refractivity contribution in [2.45, 2.75) is 51.2 Å². The number of carboxylic acid groups (broad SMARTS) is 1. The summed E-state index contributed by atoms with van der Waals surface area (Å²) in [6, 6.07) is 0. The molecule has 0 amide bonds. The van der Waals surface area contributed by atoms with Crippen LogP contribution in [0.4, 0.5) is 0 Å². The third kappa shape index (κ3) is 2.79. The van der Waals surface area contributed by atoms with Crippen LogP contribution in [0.3, 0.4) is 0 Å². The summed E-state index contributed by atoms with van der Waals surface area (Å²) in [6.07, 6.45) is 3.98. The average molecular weight is 289 g/mol. The van der Waals surface area contributed by atoms with Crippen molar-refractivity contribution in [2.75, 3.05) is 13.1 Å². The second kappa shape index (κ2) is 5.05. The molecule has 5 nitrogen and oxygen atoms in total. The highest BCUT2D eigenvalue weighted by atomic mass is 32.2. The molecular formula is C13H23NO4S. The van der Waals surface area contributed by atoms with E-state index in [1.807, 2.05) is 13.8 Å². The third-order valence-corrected chi connectivity index (χ3v) is 7.08. The maximum absolute atomic E-state index is 12.5. The molecule has 0 aromatic carbocycles. The smallest absolute Gasteiger partial charge is 0.308 e. The molecule has 1 aliphatic carbocycles. The molecule has 0 aromatic rings. The monoisotopic (exact) mass is 289 g/mol. The number of nitrogens with zero attached hydrogens (tertiary/aromatic N) is 1. The van der Waals surface area contributed by atoms with Crippen LogP contribution in [0, 0.1) is 11.3 Å². The first-order valence-electron chi connectivity index (χ1n) is 6.97. The normalized spacial score (nSPS) is 29.5. The van der Waals surface area contributed by atoms with Gasteiger partial charge in [-0.05, 0) is 24.7 Å². The van der Waals surface area contributed by atoms with Crippen LogP contribution in [-0.4, -0.2) is 42.1 Å². The molecule has 1 heterocycles. The van der Waals surface area contributed by atoms with Crippen LogP contribution in [0.5, 0.6) is 0 Å². The first-order chi connectivity index (χ1) is 8.75. The summed E-state index contributed by atoms with van der Waals surface area (Å²) in [7, 11) is -3.31. The van der Waals surface area contributed by atoms with Crippen LogP contribution >= 0.6 is 0 Å². The SMILES string of the molecule is CC1(C)CCN(S(=O)(=O)C2CCCC2)CC1C(=O)O. The second-order valence-electron chi connectivity index (χ2n) is 6.44. The first-order valence-corrected chi connectivity index (χ1v) is 8.47. The van der Waals surface area contributed by atoms with Gasteiger partial charge in [0.25, 0.3) is 0 Å². The molecular weight excluding hydrogens is 266 g/mol. The fourth-order valence-electron chi connectivity index (χ4n) is 3.17. The van der Waals surface area contributed by atoms with Crippen LogP contribution < -0.4 is 0 Å². The molecule has 1 N–H and O–H groups in total. The van der Waals surface area contributed by atoms with E-state index in [9.17, 15) is 18.3 Å². The van der Waals surface area contributed by atoms with Gasteiger partial charge < -0.3 is 5.11 Å². The van der Waals surface area contributed by atoms with E-state index in [0.717, 1.165) is 25.7 Å². The van der Waals surface area contributed by atoms with E-state index in [0.29, 0.717) is 13.0 Å². The lowest BCUT2D eigenvalue weighted by molar-refractivity contribution is -0.148. The fraction of sp³-hybridized carbons (Fsp3) is 0.923. The Labute approximate surface area is 115 Å². The van der Waals surface area contributed by atoms with E-state index in [1.165, 1.54) is 4.31 Å². The fourth-order valence-corrected chi connectivity index (χ4v) is 5.22. The molecule has 1 saturated carbocycles. The number of hydrogen-bond acceptors (Lipinski definition) is 3. The lowest BCUT2D eigenvalue weighted by atomic mass is 9.74. The van der Waals surface area contributed by atoms with Gasteiger partial charge >= 0.3 is 5.97 Å². The van der Waals surface area contributed by atoms with Crippen LogP contribution in [-0.2, 0) is 14.8 Å². The van der Waals surface area contributed by atoms with Crippen LogP contribution in [0.25, 0.3) is 0 Å². The number of carbonyl (C=O) groups is 1. The zero-order chi connectivity index (χ0) is 14.3. The van der Waals surface area contributed by atoms with Gasteiger partial charge in [-0.3, -0.25) is 4.79 Å². The van der Waals surface area contributed by atoms with Crippen molar-refractivity contribution in [3.8, 4) is 0 Å². The Bertz CT molecular complexity index is 451. The van der Waals surface area contributed by atoms with Gasteiger partial charge in [0.1, 0.15) is 0 Å². The van der Waals surface area contributed by atoms with E-state index >= 15 is 0 Å². The minimum Gasteiger partial charge on any atom is -0.481 e. The number of carboxylic acids is 1. The molecule has 19 heavy (non-hydrogen) atoms. The van der Waals surface area contributed by atoms with Gasteiger partial charge in [-0.25, -0.2) is 12.7 Å². The first kappa shape index (κ1) is 14.8. The van der Waals surface area contributed by atoms with Gasteiger partial charge in [0.15, 0.2) is 0 Å². The lowest BCUT2D eigenvalue weighted by Crippen LogP contribution is -2.51. The van der Waals surface area contributed by atoms with Crippen LogP contribution in [0.1, 0.15) is 46.0 Å². The van der Waals surface area contributed by atoms with Crippen molar-refractivity contribution >= 4 is 16.0 Å². The number of aliphatic carboxylic acids is 1. The zero-order valence-corrected chi connectivity index (χ0v) is 12.4. The summed E-state index contributed by atoms with van der Waals surface area (Å²) >= 11 is 0. The van der Waals surface area contributed by atoms with E-state index < -0.39 is 21.9 Å². The molecule has 2 rings (SSSR count). The van der Waals surface area contributed by atoms with Crippen molar-refractivity contribution in [1.82, 2.24) is 4.31 Å². The summed E-state index contributed by atoms with van der Waals surface area (Å²) in [5, 5.41) is 9.01. The van der Waals surface area contributed by atoms with Crippen molar-refractivity contribution in [1.29, 1.82) is 0 Å². The van der Waals surface area contributed by atoms with Crippen molar-refractivity contribution in [3.05, 3.63) is 0 Å². The highest BCUT2D eigenvalue weighted by molar-refractivity contribution is 7.89. The third-order valence-electron chi connectivity index (χ3n) is 4.72. The second-order valence-corrected chi connectivity index (χ2v) is 8.65. The Hall–Kier alpha value is -0.620. The zero-order valence-electron chi connectivity index (χ0n) is 11.6. The topological polar surface area (TPSA) is 74.7 Å². The lowest BCUT2D eigenvalue weighted by Gasteiger charge is -2.41.